The second-order valence-corrected chi connectivity index (χ2v) is 7.33. The van der Waals surface area contributed by atoms with Gasteiger partial charge in [0.05, 0.1) is 4.88 Å². The van der Waals surface area contributed by atoms with Crippen LogP contribution >= 0.6 is 22.7 Å². The van der Waals surface area contributed by atoms with Gasteiger partial charge >= 0.3 is 0 Å². The monoisotopic (exact) mass is 335 g/mol. The molecule has 3 heterocycles. The maximum absolute atomic E-state index is 12.2. The van der Waals surface area contributed by atoms with Gasteiger partial charge in [-0.25, -0.2) is 4.98 Å². The molecule has 2 aromatic heterocycles. The summed E-state index contributed by atoms with van der Waals surface area (Å²) in [4.78, 5) is 20.2. The molecule has 1 aliphatic rings. The van der Waals surface area contributed by atoms with E-state index in [2.05, 4.69) is 15.2 Å². The molecule has 1 saturated heterocycles. The Bertz CT molecular complexity index is 586. The van der Waals surface area contributed by atoms with Gasteiger partial charge in [-0.3, -0.25) is 4.79 Å². The number of thiophene rings is 1. The van der Waals surface area contributed by atoms with Gasteiger partial charge in [-0.2, -0.15) is 0 Å². The minimum atomic E-state index is -0.0612. The number of likely N-dealkylation sites (tertiary alicyclic amines) is 1. The molecule has 0 unspecified atom stereocenters. The first kappa shape index (κ1) is 15.6. The highest BCUT2D eigenvalue weighted by Gasteiger charge is 2.13. The molecule has 0 radical (unpaired) electrons. The highest BCUT2D eigenvalue weighted by atomic mass is 32.1. The number of carbonyl (C=O) groups excluding carboxylic acids is 1. The Kier molecular flexibility index (Phi) is 5.58. The molecule has 0 aliphatic carbocycles. The molecule has 118 valence electrons. The number of nitrogens with one attached hydrogen (secondary N) is 1. The lowest BCUT2D eigenvalue weighted by molar-refractivity contribution is 0.0944. The van der Waals surface area contributed by atoms with Crippen molar-refractivity contribution in [2.24, 2.45) is 0 Å². The van der Waals surface area contributed by atoms with Crippen LogP contribution in [0.2, 0.25) is 0 Å². The van der Waals surface area contributed by atoms with Crippen molar-refractivity contribution < 1.29 is 4.79 Å². The van der Waals surface area contributed by atoms with Crippen LogP contribution in [-0.4, -0.2) is 42.0 Å². The predicted molar refractivity (Wildman–Crippen MR) is 92.7 cm³/mol. The van der Waals surface area contributed by atoms with Gasteiger partial charge in [0.1, 0.15) is 10.7 Å². The quantitative estimate of drug-likeness (QED) is 0.910. The van der Waals surface area contributed by atoms with Crippen molar-refractivity contribution in [3.05, 3.63) is 28.6 Å². The summed E-state index contributed by atoms with van der Waals surface area (Å²) >= 11 is 3.18. The van der Waals surface area contributed by atoms with Gasteiger partial charge in [0.25, 0.3) is 5.91 Å². The first-order chi connectivity index (χ1) is 10.8. The number of amides is 1. The van der Waals surface area contributed by atoms with Crippen LogP contribution < -0.4 is 5.32 Å². The van der Waals surface area contributed by atoms with Crippen molar-refractivity contribution in [1.82, 2.24) is 15.2 Å². The van der Waals surface area contributed by atoms with Crippen molar-refractivity contribution in [2.45, 2.75) is 25.7 Å². The zero-order valence-electron chi connectivity index (χ0n) is 12.6. The summed E-state index contributed by atoms with van der Waals surface area (Å²) in [6, 6.07) is 4.03. The minimum Gasteiger partial charge on any atom is -0.349 e. The van der Waals surface area contributed by atoms with Crippen LogP contribution in [0, 0.1) is 0 Å². The van der Waals surface area contributed by atoms with E-state index < -0.39 is 0 Å². The third-order valence-corrected chi connectivity index (χ3v) is 5.76. The molecule has 22 heavy (non-hydrogen) atoms. The topological polar surface area (TPSA) is 45.2 Å². The molecule has 0 bridgehead atoms. The van der Waals surface area contributed by atoms with Gasteiger partial charge in [-0.1, -0.05) is 18.9 Å². The Morgan fingerprint density at radius 3 is 2.77 bits per heavy atom. The number of hydrogen-bond donors (Lipinski definition) is 1. The van der Waals surface area contributed by atoms with Crippen LogP contribution in [0.25, 0.3) is 9.88 Å². The van der Waals surface area contributed by atoms with Crippen molar-refractivity contribution in [3.63, 3.8) is 0 Å². The summed E-state index contributed by atoms with van der Waals surface area (Å²) in [5.74, 6) is -0.0612. The average molecular weight is 335 g/mol. The molecule has 4 nitrogen and oxygen atoms in total. The molecule has 1 amide bonds. The standard InChI is InChI=1S/C16H21N3OS2/c20-15(17-7-10-19-8-3-1-2-4-9-19)13-12-22-16(18-13)14-6-5-11-21-14/h5-6,11-12H,1-4,7-10H2,(H,17,20). The predicted octanol–water partition coefficient (Wildman–Crippen LogP) is 3.48. The number of thiazole rings is 1. The molecular formula is C16H21N3OS2. The van der Waals surface area contributed by atoms with Crippen molar-refractivity contribution >= 4 is 28.6 Å². The lowest BCUT2D eigenvalue weighted by Gasteiger charge is -2.19. The summed E-state index contributed by atoms with van der Waals surface area (Å²) in [5.41, 5.74) is 0.532. The van der Waals surface area contributed by atoms with E-state index in [4.69, 9.17) is 0 Å². The molecule has 1 aliphatic heterocycles. The van der Waals surface area contributed by atoms with Gasteiger partial charge in [0, 0.05) is 18.5 Å². The fourth-order valence-corrected chi connectivity index (χ4v) is 4.28. The lowest BCUT2D eigenvalue weighted by atomic mass is 10.2. The van der Waals surface area contributed by atoms with E-state index in [1.807, 2.05) is 22.9 Å². The fourth-order valence-electron chi connectivity index (χ4n) is 2.67. The Morgan fingerprint density at radius 1 is 1.23 bits per heavy atom. The fraction of sp³-hybridized carbons (Fsp3) is 0.500. The summed E-state index contributed by atoms with van der Waals surface area (Å²) in [7, 11) is 0. The molecule has 6 heteroatoms. The van der Waals surface area contributed by atoms with Gasteiger partial charge in [0.2, 0.25) is 0 Å². The van der Waals surface area contributed by atoms with Crippen molar-refractivity contribution in [2.75, 3.05) is 26.2 Å². The smallest absolute Gasteiger partial charge is 0.270 e. The molecule has 3 rings (SSSR count). The van der Waals surface area contributed by atoms with E-state index in [0.29, 0.717) is 12.2 Å². The van der Waals surface area contributed by atoms with Crippen LogP contribution in [0.4, 0.5) is 0 Å². The Balaban J connectivity index is 1.47. The zero-order chi connectivity index (χ0) is 15.2. The second kappa shape index (κ2) is 7.85. The van der Waals surface area contributed by atoms with Crippen LogP contribution in [-0.2, 0) is 0 Å². The largest absolute Gasteiger partial charge is 0.349 e. The van der Waals surface area contributed by atoms with Gasteiger partial charge in [-0.05, 0) is 37.4 Å². The van der Waals surface area contributed by atoms with E-state index in [1.54, 1.807) is 11.3 Å². The summed E-state index contributed by atoms with van der Waals surface area (Å²) in [6.45, 7) is 3.96. The number of hydrogen-bond acceptors (Lipinski definition) is 5. The maximum Gasteiger partial charge on any atom is 0.270 e. The SMILES string of the molecule is O=C(NCCN1CCCCCC1)c1csc(-c2cccs2)n1. The third-order valence-electron chi connectivity index (χ3n) is 3.88. The van der Waals surface area contributed by atoms with Crippen molar-refractivity contribution in [1.29, 1.82) is 0 Å². The zero-order valence-corrected chi connectivity index (χ0v) is 14.2. The van der Waals surface area contributed by atoms with Crippen LogP contribution in [0.15, 0.2) is 22.9 Å². The summed E-state index contributed by atoms with van der Waals surface area (Å²) < 4.78 is 0. The van der Waals surface area contributed by atoms with Crippen LogP contribution in [0.5, 0.6) is 0 Å². The second-order valence-electron chi connectivity index (χ2n) is 5.53. The number of aromatic nitrogens is 1. The first-order valence-electron chi connectivity index (χ1n) is 7.83. The van der Waals surface area contributed by atoms with E-state index in [9.17, 15) is 4.79 Å². The normalized spacial score (nSPS) is 16.4. The van der Waals surface area contributed by atoms with E-state index in [1.165, 1.54) is 37.0 Å². The molecule has 1 N–H and O–H groups in total. The summed E-state index contributed by atoms with van der Waals surface area (Å²) in [6.07, 6.45) is 5.24. The Morgan fingerprint density at radius 2 is 2.05 bits per heavy atom. The highest BCUT2D eigenvalue weighted by Crippen LogP contribution is 2.27. The lowest BCUT2D eigenvalue weighted by Crippen LogP contribution is -2.35. The van der Waals surface area contributed by atoms with Crippen LogP contribution in [0.1, 0.15) is 36.2 Å². The molecule has 2 aromatic rings. The third kappa shape index (κ3) is 4.15. The summed E-state index contributed by atoms with van der Waals surface area (Å²) in [5, 5.41) is 7.79. The molecule has 0 saturated carbocycles. The van der Waals surface area contributed by atoms with Crippen LogP contribution in [0.3, 0.4) is 0 Å². The van der Waals surface area contributed by atoms with E-state index in [0.717, 1.165) is 29.5 Å². The Hall–Kier alpha value is -1.24. The van der Waals surface area contributed by atoms with E-state index >= 15 is 0 Å². The molecule has 0 atom stereocenters. The highest BCUT2D eigenvalue weighted by molar-refractivity contribution is 7.20. The van der Waals surface area contributed by atoms with Gasteiger partial charge in [0.15, 0.2) is 0 Å². The number of carbonyl (C=O) groups is 1. The number of rotatable bonds is 5. The maximum atomic E-state index is 12.2. The first-order valence-corrected chi connectivity index (χ1v) is 9.59. The molecular weight excluding hydrogens is 314 g/mol. The minimum absolute atomic E-state index is 0.0612. The average Bonchev–Trinajstić information content (AvgIpc) is 3.15. The Labute approximate surface area is 139 Å². The number of nitrogens with zero attached hydrogens (tertiary/aromatic N) is 2. The molecule has 1 fully saturated rings. The molecule has 0 aromatic carbocycles. The molecule has 0 spiro atoms. The van der Waals surface area contributed by atoms with Crippen molar-refractivity contribution in [3.8, 4) is 9.88 Å². The van der Waals surface area contributed by atoms with Gasteiger partial charge in [-0.15, -0.1) is 22.7 Å². The van der Waals surface area contributed by atoms with E-state index in [-0.39, 0.29) is 5.91 Å². The van der Waals surface area contributed by atoms with Gasteiger partial charge < -0.3 is 10.2 Å².